The summed E-state index contributed by atoms with van der Waals surface area (Å²) in [5.74, 6) is -1.66. The SMILES string of the molecule is CC(=O)NCc1cccc(NC(=O)Oc2nc(C)sc2Nc2cc(F)cc(F)c2)c1. The van der Waals surface area contributed by atoms with Gasteiger partial charge >= 0.3 is 6.09 Å². The Bertz CT molecular complexity index is 1070. The third-order valence-corrected chi connectivity index (χ3v) is 4.60. The minimum Gasteiger partial charge on any atom is -0.388 e. The number of nitrogens with one attached hydrogen (secondary N) is 3. The Kier molecular flexibility index (Phi) is 6.58. The Morgan fingerprint density at radius 2 is 1.83 bits per heavy atom. The van der Waals surface area contributed by atoms with Gasteiger partial charge in [-0.15, -0.1) is 0 Å². The molecule has 0 bridgehead atoms. The summed E-state index contributed by atoms with van der Waals surface area (Å²) in [6, 6.07) is 9.87. The Labute approximate surface area is 175 Å². The molecule has 0 aliphatic heterocycles. The van der Waals surface area contributed by atoms with Gasteiger partial charge in [-0.1, -0.05) is 23.5 Å². The van der Waals surface area contributed by atoms with E-state index in [-0.39, 0.29) is 17.5 Å². The minimum absolute atomic E-state index is 0.0194. The third kappa shape index (κ3) is 5.98. The molecule has 1 heterocycles. The first-order chi connectivity index (χ1) is 14.3. The van der Waals surface area contributed by atoms with E-state index in [9.17, 15) is 18.4 Å². The molecule has 3 rings (SSSR count). The summed E-state index contributed by atoms with van der Waals surface area (Å²) in [5, 5.41) is 8.98. The number of carbonyl (C=O) groups is 2. The predicted molar refractivity (Wildman–Crippen MR) is 110 cm³/mol. The predicted octanol–water partition coefficient (Wildman–Crippen LogP) is 4.72. The monoisotopic (exact) mass is 432 g/mol. The van der Waals surface area contributed by atoms with Gasteiger partial charge in [0.25, 0.3) is 5.88 Å². The normalized spacial score (nSPS) is 10.4. The van der Waals surface area contributed by atoms with Gasteiger partial charge in [0.15, 0.2) is 5.00 Å². The summed E-state index contributed by atoms with van der Waals surface area (Å²) in [7, 11) is 0. The van der Waals surface area contributed by atoms with Crippen LogP contribution in [0.1, 0.15) is 17.5 Å². The van der Waals surface area contributed by atoms with Crippen molar-refractivity contribution < 1.29 is 23.1 Å². The van der Waals surface area contributed by atoms with Crippen molar-refractivity contribution in [2.75, 3.05) is 10.6 Å². The zero-order valence-electron chi connectivity index (χ0n) is 16.1. The topological polar surface area (TPSA) is 92.4 Å². The first-order valence-electron chi connectivity index (χ1n) is 8.81. The third-order valence-electron chi connectivity index (χ3n) is 3.73. The van der Waals surface area contributed by atoms with E-state index in [2.05, 4.69) is 20.9 Å². The molecular formula is C20H18F2N4O3S. The maximum absolute atomic E-state index is 13.4. The molecule has 10 heteroatoms. The quantitative estimate of drug-likeness (QED) is 0.524. The van der Waals surface area contributed by atoms with E-state index in [0.29, 0.717) is 22.2 Å². The van der Waals surface area contributed by atoms with Gasteiger partial charge in [0, 0.05) is 30.9 Å². The van der Waals surface area contributed by atoms with Crippen LogP contribution in [0.15, 0.2) is 42.5 Å². The van der Waals surface area contributed by atoms with Crippen molar-refractivity contribution in [1.29, 1.82) is 0 Å². The summed E-state index contributed by atoms with van der Waals surface area (Å²) in [6.45, 7) is 3.45. The fourth-order valence-corrected chi connectivity index (χ4v) is 3.30. The second-order valence-corrected chi connectivity index (χ2v) is 7.48. The number of halogens is 2. The number of nitrogens with zero attached hydrogens (tertiary/aromatic N) is 1. The first-order valence-corrected chi connectivity index (χ1v) is 9.63. The molecule has 0 radical (unpaired) electrons. The number of amides is 2. The van der Waals surface area contributed by atoms with E-state index in [4.69, 9.17) is 4.74 Å². The molecule has 0 saturated carbocycles. The highest BCUT2D eigenvalue weighted by molar-refractivity contribution is 7.16. The van der Waals surface area contributed by atoms with Gasteiger partial charge in [-0.3, -0.25) is 10.1 Å². The largest absolute Gasteiger partial charge is 0.418 e. The fraction of sp³-hybridized carbons (Fsp3) is 0.150. The van der Waals surface area contributed by atoms with Crippen molar-refractivity contribution in [3.8, 4) is 5.88 Å². The van der Waals surface area contributed by atoms with E-state index >= 15 is 0 Å². The number of hydrogen-bond donors (Lipinski definition) is 3. The summed E-state index contributed by atoms with van der Waals surface area (Å²) in [6.07, 6.45) is -0.787. The van der Waals surface area contributed by atoms with Gasteiger partial charge in [-0.05, 0) is 36.8 Å². The lowest BCUT2D eigenvalue weighted by atomic mass is 10.2. The van der Waals surface area contributed by atoms with Gasteiger partial charge in [0.05, 0.1) is 5.01 Å². The van der Waals surface area contributed by atoms with Crippen LogP contribution in [0, 0.1) is 18.6 Å². The van der Waals surface area contributed by atoms with Crippen LogP contribution in [0.5, 0.6) is 5.88 Å². The molecule has 7 nitrogen and oxygen atoms in total. The van der Waals surface area contributed by atoms with Crippen molar-refractivity contribution >= 4 is 39.7 Å². The average Bonchev–Trinajstić information content (AvgIpc) is 2.98. The Hall–Kier alpha value is -3.53. The lowest BCUT2D eigenvalue weighted by Gasteiger charge is -2.09. The number of thiazole rings is 1. The van der Waals surface area contributed by atoms with Crippen LogP contribution in [0.4, 0.5) is 30.0 Å². The fourth-order valence-electron chi connectivity index (χ4n) is 2.53. The lowest BCUT2D eigenvalue weighted by Crippen LogP contribution is -2.20. The van der Waals surface area contributed by atoms with Gasteiger partial charge in [0.1, 0.15) is 11.6 Å². The average molecular weight is 432 g/mol. The minimum atomic E-state index is -0.787. The smallest absolute Gasteiger partial charge is 0.388 e. The summed E-state index contributed by atoms with van der Waals surface area (Å²) in [4.78, 5) is 27.5. The van der Waals surface area contributed by atoms with Gasteiger partial charge in [0.2, 0.25) is 5.91 Å². The van der Waals surface area contributed by atoms with Crippen molar-refractivity contribution in [2.24, 2.45) is 0 Å². The number of ether oxygens (including phenoxy) is 1. The van der Waals surface area contributed by atoms with Crippen LogP contribution in [-0.4, -0.2) is 17.0 Å². The first kappa shape index (κ1) is 21.2. The molecule has 0 aliphatic rings. The number of aryl methyl sites for hydroxylation is 1. The van der Waals surface area contributed by atoms with E-state index in [1.807, 2.05) is 0 Å². The van der Waals surface area contributed by atoms with Crippen LogP contribution >= 0.6 is 11.3 Å². The molecule has 0 spiro atoms. The molecule has 0 aliphatic carbocycles. The molecule has 156 valence electrons. The highest BCUT2D eigenvalue weighted by Crippen LogP contribution is 2.34. The Balaban J connectivity index is 1.68. The lowest BCUT2D eigenvalue weighted by molar-refractivity contribution is -0.119. The molecule has 0 fully saturated rings. The number of anilines is 3. The summed E-state index contributed by atoms with van der Waals surface area (Å²) < 4.78 is 32.1. The summed E-state index contributed by atoms with van der Waals surface area (Å²) >= 11 is 1.17. The van der Waals surface area contributed by atoms with Crippen molar-refractivity contribution in [1.82, 2.24) is 10.3 Å². The molecule has 0 atom stereocenters. The molecule has 30 heavy (non-hydrogen) atoms. The Morgan fingerprint density at radius 3 is 2.53 bits per heavy atom. The maximum atomic E-state index is 13.4. The zero-order chi connectivity index (χ0) is 21.7. The highest BCUT2D eigenvalue weighted by atomic mass is 32.1. The number of carbonyl (C=O) groups excluding carboxylic acids is 2. The number of benzene rings is 2. The van der Waals surface area contributed by atoms with Gasteiger partial charge < -0.3 is 15.4 Å². The molecule has 0 saturated heterocycles. The molecule has 0 unspecified atom stereocenters. The maximum Gasteiger partial charge on any atom is 0.418 e. The molecule has 3 aromatic rings. The molecule has 3 N–H and O–H groups in total. The van der Waals surface area contributed by atoms with Crippen molar-refractivity contribution in [3.05, 3.63) is 64.7 Å². The number of aromatic nitrogens is 1. The van der Waals surface area contributed by atoms with Gasteiger partial charge in [-0.25, -0.2) is 18.6 Å². The van der Waals surface area contributed by atoms with Crippen LogP contribution in [0.2, 0.25) is 0 Å². The molecule has 2 aromatic carbocycles. The standard InChI is InChI=1S/C20H18F2N4O3S/c1-11(27)23-10-13-4-3-5-16(6-13)26-20(28)29-18-19(30-12(2)24-18)25-17-8-14(21)7-15(22)9-17/h3-9,25H,10H2,1-2H3,(H,23,27)(H,26,28). The van der Waals surface area contributed by atoms with Crippen LogP contribution in [0.25, 0.3) is 0 Å². The zero-order valence-corrected chi connectivity index (χ0v) is 16.9. The van der Waals surface area contributed by atoms with Crippen LogP contribution < -0.4 is 20.7 Å². The number of hydrogen-bond acceptors (Lipinski definition) is 6. The van der Waals surface area contributed by atoms with Crippen LogP contribution in [0.3, 0.4) is 0 Å². The van der Waals surface area contributed by atoms with E-state index < -0.39 is 17.7 Å². The Morgan fingerprint density at radius 1 is 1.10 bits per heavy atom. The van der Waals surface area contributed by atoms with E-state index in [1.165, 1.54) is 18.3 Å². The van der Waals surface area contributed by atoms with Crippen LogP contribution in [-0.2, 0) is 11.3 Å². The van der Waals surface area contributed by atoms with E-state index in [1.54, 1.807) is 31.2 Å². The molecule has 2 amide bonds. The van der Waals surface area contributed by atoms with E-state index in [0.717, 1.165) is 23.8 Å². The second kappa shape index (κ2) is 9.31. The van der Waals surface area contributed by atoms with Crippen molar-refractivity contribution in [2.45, 2.75) is 20.4 Å². The molecule has 1 aromatic heterocycles. The summed E-state index contributed by atoms with van der Waals surface area (Å²) in [5.41, 5.74) is 1.42. The highest BCUT2D eigenvalue weighted by Gasteiger charge is 2.16. The number of rotatable bonds is 6. The van der Waals surface area contributed by atoms with Crippen molar-refractivity contribution in [3.63, 3.8) is 0 Å². The molecular weight excluding hydrogens is 414 g/mol. The van der Waals surface area contributed by atoms with Gasteiger partial charge in [-0.2, -0.15) is 0 Å². The second-order valence-electron chi connectivity index (χ2n) is 6.27.